The first kappa shape index (κ1) is 53.4. The number of anilines is 3. The molecule has 376 valence electrons. The predicted octanol–water partition coefficient (Wildman–Crippen LogP) is 17.3. The van der Waals surface area contributed by atoms with Crippen molar-refractivity contribution >= 4 is 40.2 Å². The van der Waals surface area contributed by atoms with Crippen LogP contribution in [0.25, 0.3) is 0 Å². The highest BCUT2D eigenvalue weighted by atomic mass is 15.1. The summed E-state index contributed by atoms with van der Waals surface area (Å²) in [6.45, 7) is 34.5. The fraction of sp³-hybridized carbons (Fsp3) is 0.278. The summed E-state index contributed by atoms with van der Waals surface area (Å²) in [6.07, 6.45) is 8.75. The van der Waals surface area contributed by atoms with Gasteiger partial charge in [-0.05, 0) is 148 Å². The van der Waals surface area contributed by atoms with Gasteiger partial charge in [0.2, 0.25) is 6.71 Å². The Kier molecular flexibility index (Phi) is 15.8. The first-order valence-corrected chi connectivity index (χ1v) is 27.1. The summed E-state index contributed by atoms with van der Waals surface area (Å²) in [5.41, 5.74) is 26.5. The predicted molar refractivity (Wildman–Crippen MR) is 324 cm³/mol. The van der Waals surface area contributed by atoms with Crippen LogP contribution in [-0.2, 0) is 22.7 Å². The molecule has 74 heavy (non-hydrogen) atoms. The smallest absolute Gasteiger partial charge is 0.242 e. The molecule has 0 N–H and O–H groups in total. The lowest BCUT2D eigenvalue weighted by molar-refractivity contribution is 0.638. The van der Waals surface area contributed by atoms with Gasteiger partial charge in [0, 0.05) is 33.3 Å². The molecule has 0 saturated heterocycles. The minimum atomic E-state index is -0.249. The second-order valence-electron chi connectivity index (χ2n) is 22.9. The van der Waals surface area contributed by atoms with Crippen LogP contribution in [0.15, 0.2) is 194 Å². The van der Waals surface area contributed by atoms with E-state index in [1.807, 2.05) is 0 Å². The van der Waals surface area contributed by atoms with Gasteiger partial charge in [-0.3, -0.25) is 0 Å². The van der Waals surface area contributed by atoms with Gasteiger partial charge in [-0.15, -0.1) is 0 Å². The molecule has 2 heteroatoms. The van der Waals surface area contributed by atoms with Crippen LogP contribution in [0.1, 0.15) is 140 Å². The lowest BCUT2D eigenvalue weighted by Crippen LogP contribution is -2.56. The summed E-state index contributed by atoms with van der Waals surface area (Å²) in [5.74, 6) is 0. The molecule has 8 aromatic carbocycles. The number of allylic oxidation sites excluding steroid dienone is 4. The highest BCUT2D eigenvalue weighted by Crippen LogP contribution is 2.40. The van der Waals surface area contributed by atoms with Crippen molar-refractivity contribution in [1.82, 2.24) is 0 Å². The van der Waals surface area contributed by atoms with Gasteiger partial charge in [0.05, 0.1) is 0 Å². The van der Waals surface area contributed by atoms with E-state index < -0.39 is 0 Å². The van der Waals surface area contributed by atoms with Gasteiger partial charge in [0.25, 0.3) is 0 Å². The van der Waals surface area contributed by atoms with Gasteiger partial charge in [0.15, 0.2) is 0 Å². The number of hydrogen-bond acceptors (Lipinski definition) is 1. The summed E-state index contributed by atoms with van der Waals surface area (Å²) in [6, 6.07) is 64.9. The molecule has 0 spiro atoms. The first-order valence-electron chi connectivity index (χ1n) is 27.1. The average molecular weight is 970 g/mol. The molecule has 0 atom stereocenters. The zero-order valence-electron chi connectivity index (χ0n) is 47.3. The topological polar surface area (TPSA) is 3.24 Å². The number of benzene rings is 8. The third-order valence-corrected chi connectivity index (χ3v) is 16.4. The molecule has 0 bridgehead atoms. The van der Waals surface area contributed by atoms with Gasteiger partial charge in [-0.25, -0.2) is 0 Å². The van der Waals surface area contributed by atoms with E-state index in [0.717, 1.165) is 12.8 Å². The fourth-order valence-corrected chi connectivity index (χ4v) is 11.7. The summed E-state index contributed by atoms with van der Waals surface area (Å²) >= 11 is 0. The fourth-order valence-electron chi connectivity index (χ4n) is 11.7. The lowest BCUT2D eigenvalue weighted by atomic mass is 9.33. The first-order chi connectivity index (χ1) is 35.3. The van der Waals surface area contributed by atoms with Crippen molar-refractivity contribution in [2.24, 2.45) is 0 Å². The van der Waals surface area contributed by atoms with E-state index in [0.29, 0.717) is 0 Å². The van der Waals surface area contributed by atoms with E-state index in [9.17, 15) is 0 Å². The van der Waals surface area contributed by atoms with Crippen molar-refractivity contribution < 1.29 is 0 Å². The standard InChI is InChI=1S/C72H80BN/c1-16-18-25-58(17-2)70(10,11)63-39-35-57(46-56-33-37-61(38-34-56)71(12,13)59-26-21-19-22-27-59)66(48-63)73(65-47-62(36-32-51(65)5)72(14,15)60-28-23-20-24-29-60)69-54(8)44-64(45-55(69)9)74(67-40-30-49(3)42-52(67)6)68-41-31-50(4)43-53(68)7/h17-45,47-48H,16,46H2,1-15H3/b25-18-,58-17+. The van der Waals surface area contributed by atoms with Gasteiger partial charge in [-0.1, -0.05) is 256 Å². The minimum Gasteiger partial charge on any atom is -0.310 e. The SMILES string of the molecule is C/C=C(\C=C/CC)C(C)(C)c1ccc(Cc2ccc(C(C)(C)c3ccccc3)cc2)c(B(c2cc(C(C)(C)c3ccccc3)ccc2C)c2c(C)cc(N(c3ccc(C)cc3C)c3ccc(C)cc3C)cc2C)c1. The van der Waals surface area contributed by atoms with Crippen LogP contribution in [0, 0.1) is 48.5 Å². The van der Waals surface area contributed by atoms with Gasteiger partial charge in [0.1, 0.15) is 0 Å². The molecule has 0 aliphatic heterocycles. The van der Waals surface area contributed by atoms with Crippen molar-refractivity contribution in [3.8, 4) is 0 Å². The largest absolute Gasteiger partial charge is 0.310 e. The maximum atomic E-state index is 2.59. The zero-order chi connectivity index (χ0) is 53.1. The van der Waals surface area contributed by atoms with Crippen LogP contribution in [-0.4, -0.2) is 6.71 Å². The zero-order valence-corrected chi connectivity index (χ0v) is 47.3. The number of nitrogens with zero attached hydrogens (tertiary/aromatic N) is 1. The van der Waals surface area contributed by atoms with E-state index in [1.54, 1.807) is 0 Å². The quantitative estimate of drug-likeness (QED) is 0.0689. The molecule has 8 aromatic rings. The van der Waals surface area contributed by atoms with E-state index in [2.05, 4.69) is 297 Å². The summed E-state index contributed by atoms with van der Waals surface area (Å²) < 4.78 is 0. The average Bonchev–Trinajstić information content (AvgIpc) is 3.37. The summed E-state index contributed by atoms with van der Waals surface area (Å²) in [5, 5.41) is 0. The third kappa shape index (κ3) is 10.8. The van der Waals surface area contributed by atoms with Gasteiger partial charge in [-0.2, -0.15) is 0 Å². The minimum absolute atomic E-state index is 0.0754. The Bertz CT molecular complexity index is 3250. The molecule has 0 radical (unpaired) electrons. The van der Waals surface area contributed by atoms with Gasteiger partial charge >= 0.3 is 0 Å². The molecular formula is C72H80BN. The summed E-state index contributed by atoms with van der Waals surface area (Å²) in [4.78, 5) is 2.50. The van der Waals surface area contributed by atoms with Crippen LogP contribution >= 0.6 is 0 Å². The highest BCUT2D eigenvalue weighted by molar-refractivity contribution is 6.96. The van der Waals surface area contributed by atoms with Crippen molar-refractivity contribution in [1.29, 1.82) is 0 Å². The number of aryl methyl sites for hydroxylation is 7. The van der Waals surface area contributed by atoms with Crippen molar-refractivity contribution in [3.05, 3.63) is 272 Å². The molecule has 0 aliphatic rings. The molecule has 0 heterocycles. The van der Waals surface area contributed by atoms with E-state index >= 15 is 0 Å². The maximum Gasteiger partial charge on any atom is 0.242 e. The molecule has 0 saturated carbocycles. The Labute approximate surface area is 447 Å². The van der Waals surface area contributed by atoms with Crippen molar-refractivity contribution in [3.63, 3.8) is 0 Å². The van der Waals surface area contributed by atoms with E-state index in [1.165, 1.54) is 117 Å². The molecule has 0 aliphatic carbocycles. The van der Waals surface area contributed by atoms with E-state index in [-0.39, 0.29) is 23.0 Å². The van der Waals surface area contributed by atoms with Crippen molar-refractivity contribution in [2.75, 3.05) is 4.90 Å². The Morgan fingerprint density at radius 3 is 1.47 bits per heavy atom. The Morgan fingerprint density at radius 2 is 0.959 bits per heavy atom. The highest BCUT2D eigenvalue weighted by Gasteiger charge is 2.34. The van der Waals surface area contributed by atoms with Crippen LogP contribution in [0.4, 0.5) is 17.1 Å². The number of rotatable bonds is 16. The van der Waals surface area contributed by atoms with Crippen LogP contribution in [0.5, 0.6) is 0 Å². The normalized spacial score (nSPS) is 12.4. The molecular weight excluding hydrogens is 890 g/mol. The monoisotopic (exact) mass is 970 g/mol. The maximum absolute atomic E-state index is 2.59. The summed E-state index contributed by atoms with van der Waals surface area (Å²) in [7, 11) is 0. The van der Waals surface area contributed by atoms with Crippen LogP contribution in [0.2, 0.25) is 0 Å². The Balaban J connectivity index is 1.40. The van der Waals surface area contributed by atoms with Crippen LogP contribution < -0.4 is 21.3 Å². The Hall–Kier alpha value is -6.90. The van der Waals surface area contributed by atoms with Crippen molar-refractivity contribution in [2.45, 2.75) is 133 Å². The molecule has 8 rings (SSSR count). The molecule has 1 nitrogen and oxygen atoms in total. The molecule has 0 fully saturated rings. The molecule has 0 unspecified atom stereocenters. The second kappa shape index (κ2) is 21.9. The van der Waals surface area contributed by atoms with Crippen LogP contribution in [0.3, 0.4) is 0 Å². The molecule has 0 aromatic heterocycles. The Morgan fingerprint density at radius 1 is 0.473 bits per heavy atom. The molecule has 0 amide bonds. The van der Waals surface area contributed by atoms with E-state index in [4.69, 9.17) is 0 Å². The second-order valence-corrected chi connectivity index (χ2v) is 22.9. The lowest BCUT2D eigenvalue weighted by Gasteiger charge is -2.33. The number of hydrogen-bond donors (Lipinski definition) is 0. The third-order valence-electron chi connectivity index (χ3n) is 16.4. The van der Waals surface area contributed by atoms with Gasteiger partial charge < -0.3 is 4.90 Å².